The SMILES string of the molecule is COC(=O)Cc1cnc(Br)c(C(F)F)c1C#N. The van der Waals surface area contributed by atoms with Crippen LogP contribution in [0.3, 0.4) is 0 Å². The Kier molecular flexibility index (Phi) is 4.52. The van der Waals surface area contributed by atoms with E-state index in [0.29, 0.717) is 0 Å². The van der Waals surface area contributed by atoms with Gasteiger partial charge in [0.15, 0.2) is 0 Å². The fourth-order valence-electron chi connectivity index (χ4n) is 1.24. The van der Waals surface area contributed by atoms with Crippen molar-refractivity contribution in [3.8, 4) is 6.07 Å². The maximum Gasteiger partial charge on any atom is 0.310 e. The Morgan fingerprint density at radius 2 is 2.35 bits per heavy atom. The van der Waals surface area contributed by atoms with Crippen LogP contribution in [0.5, 0.6) is 0 Å². The Morgan fingerprint density at radius 1 is 1.71 bits per heavy atom. The van der Waals surface area contributed by atoms with E-state index in [1.807, 2.05) is 0 Å². The van der Waals surface area contributed by atoms with Crippen LogP contribution >= 0.6 is 15.9 Å². The molecule has 1 aromatic rings. The Morgan fingerprint density at radius 3 is 2.82 bits per heavy atom. The van der Waals surface area contributed by atoms with E-state index in [0.717, 1.165) is 0 Å². The van der Waals surface area contributed by atoms with Gasteiger partial charge in [-0.2, -0.15) is 5.26 Å². The van der Waals surface area contributed by atoms with Crippen LogP contribution in [0.2, 0.25) is 0 Å². The van der Waals surface area contributed by atoms with Gasteiger partial charge in [0.25, 0.3) is 6.43 Å². The fourth-order valence-corrected chi connectivity index (χ4v) is 1.71. The second-order valence-electron chi connectivity index (χ2n) is 3.03. The summed E-state index contributed by atoms with van der Waals surface area (Å²) in [5.74, 6) is -0.620. The average molecular weight is 305 g/mol. The van der Waals surface area contributed by atoms with Gasteiger partial charge in [0.1, 0.15) is 10.7 Å². The lowest BCUT2D eigenvalue weighted by Gasteiger charge is -2.09. The lowest BCUT2D eigenvalue weighted by atomic mass is 10.0. The molecule has 0 aliphatic carbocycles. The van der Waals surface area contributed by atoms with Crippen molar-refractivity contribution >= 4 is 21.9 Å². The van der Waals surface area contributed by atoms with E-state index in [1.54, 1.807) is 6.07 Å². The second-order valence-corrected chi connectivity index (χ2v) is 3.78. The van der Waals surface area contributed by atoms with Crippen molar-refractivity contribution in [2.75, 3.05) is 7.11 Å². The molecular weight excluding hydrogens is 298 g/mol. The fraction of sp³-hybridized carbons (Fsp3) is 0.300. The molecule has 1 heterocycles. The van der Waals surface area contributed by atoms with Crippen molar-refractivity contribution in [2.45, 2.75) is 12.8 Å². The molecule has 0 aliphatic rings. The van der Waals surface area contributed by atoms with Gasteiger partial charge < -0.3 is 4.74 Å². The Labute approximate surface area is 104 Å². The first-order valence-electron chi connectivity index (χ1n) is 4.43. The summed E-state index contributed by atoms with van der Waals surface area (Å²) < 4.78 is 29.8. The van der Waals surface area contributed by atoms with Crippen molar-refractivity contribution < 1.29 is 18.3 Å². The van der Waals surface area contributed by atoms with Crippen molar-refractivity contribution in [1.29, 1.82) is 5.26 Å². The van der Waals surface area contributed by atoms with Gasteiger partial charge in [-0.1, -0.05) is 0 Å². The molecule has 0 saturated carbocycles. The molecule has 0 saturated heterocycles. The molecule has 0 spiro atoms. The standard InChI is InChI=1S/C10H7BrF2N2O2/c1-17-7(16)2-5-4-15-9(11)8(10(12)13)6(5)3-14/h4,10H,2H2,1H3. The highest BCUT2D eigenvalue weighted by Gasteiger charge is 2.22. The molecule has 17 heavy (non-hydrogen) atoms. The van der Waals surface area contributed by atoms with Gasteiger partial charge in [0.2, 0.25) is 0 Å². The maximum atomic E-state index is 12.7. The number of carbonyl (C=O) groups excluding carboxylic acids is 1. The highest BCUT2D eigenvalue weighted by Crippen LogP contribution is 2.30. The van der Waals surface area contributed by atoms with E-state index < -0.39 is 18.0 Å². The van der Waals surface area contributed by atoms with Crippen LogP contribution < -0.4 is 0 Å². The number of alkyl halides is 2. The minimum absolute atomic E-state index is 0.0994. The summed E-state index contributed by atoms with van der Waals surface area (Å²) in [7, 11) is 1.18. The summed E-state index contributed by atoms with van der Waals surface area (Å²) in [5, 5.41) is 8.87. The summed E-state index contributed by atoms with van der Waals surface area (Å²) in [4.78, 5) is 14.7. The zero-order valence-corrected chi connectivity index (χ0v) is 10.3. The first-order chi connectivity index (χ1) is 8.01. The monoisotopic (exact) mass is 304 g/mol. The molecule has 4 nitrogen and oxygen atoms in total. The van der Waals surface area contributed by atoms with Gasteiger partial charge in [-0.3, -0.25) is 4.79 Å². The van der Waals surface area contributed by atoms with Crippen molar-refractivity contribution in [2.24, 2.45) is 0 Å². The third kappa shape index (κ3) is 2.97. The molecule has 0 aliphatic heterocycles. The van der Waals surface area contributed by atoms with Gasteiger partial charge >= 0.3 is 5.97 Å². The predicted octanol–water partition coefficient (Wildman–Crippen LogP) is 2.37. The third-order valence-electron chi connectivity index (χ3n) is 2.04. The first-order valence-corrected chi connectivity index (χ1v) is 5.22. The number of aromatic nitrogens is 1. The number of methoxy groups -OCH3 is 1. The molecule has 0 fully saturated rings. The molecule has 0 aromatic carbocycles. The van der Waals surface area contributed by atoms with Crippen LogP contribution in [0.15, 0.2) is 10.8 Å². The molecular formula is C10H7BrF2N2O2. The molecule has 7 heteroatoms. The number of hydrogen-bond donors (Lipinski definition) is 0. The number of esters is 1. The van der Waals surface area contributed by atoms with E-state index in [4.69, 9.17) is 5.26 Å². The van der Waals surface area contributed by atoms with Gasteiger partial charge in [-0.05, 0) is 21.5 Å². The molecule has 0 atom stereocenters. The number of nitriles is 1. The zero-order chi connectivity index (χ0) is 13.0. The zero-order valence-electron chi connectivity index (χ0n) is 8.71. The molecule has 1 rings (SSSR count). The van der Waals surface area contributed by atoms with Gasteiger partial charge in [-0.15, -0.1) is 0 Å². The van der Waals surface area contributed by atoms with Crippen LogP contribution in [0.4, 0.5) is 8.78 Å². The quantitative estimate of drug-likeness (QED) is 0.635. The number of carbonyl (C=O) groups is 1. The summed E-state index contributed by atoms with van der Waals surface area (Å²) in [6, 6.07) is 1.66. The lowest BCUT2D eigenvalue weighted by Crippen LogP contribution is -2.09. The Hall–Kier alpha value is -1.55. The molecule has 0 bridgehead atoms. The minimum atomic E-state index is -2.84. The summed E-state index contributed by atoms with van der Waals surface area (Å²) >= 11 is 2.85. The highest BCUT2D eigenvalue weighted by molar-refractivity contribution is 9.10. The first kappa shape index (κ1) is 13.5. The van der Waals surface area contributed by atoms with Crippen LogP contribution in [-0.2, 0) is 16.0 Å². The molecule has 0 N–H and O–H groups in total. The van der Waals surface area contributed by atoms with Gasteiger partial charge in [0.05, 0.1) is 24.7 Å². The van der Waals surface area contributed by atoms with Gasteiger partial charge in [0, 0.05) is 6.20 Å². The number of nitrogens with zero attached hydrogens (tertiary/aromatic N) is 2. The van der Waals surface area contributed by atoms with E-state index in [-0.39, 0.29) is 22.2 Å². The Bertz CT molecular complexity index is 486. The maximum absolute atomic E-state index is 12.7. The highest BCUT2D eigenvalue weighted by atomic mass is 79.9. The van der Waals surface area contributed by atoms with Crippen LogP contribution in [-0.4, -0.2) is 18.1 Å². The van der Waals surface area contributed by atoms with Crippen molar-refractivity contribution in [3.63, 3.8) is 0 Å². The lowest BCUT2D eigenvalue weighted by molar-refractivity contribution is -0.139. The smallest absolute Gasteiger partial charge is 0.310 e. The Balaban J connectivity index is 3.29. The van der Waals surface area contributed by atoms with E-state index in [2.05, 4.69) is 25.7 Å². The minimum Gasteiger partial charge on any atom is -0.469 e. The molecule has 90 valence electrons. The molecule has 0 unspecified atom stereocenters. The van der Waals surface area contributed by atoms with Crippen molar-refractivity contribution in [1.82, 2.24) is 4.98 Å². The van der Waals surface area contributed by atoms with Crippen LogP contribution in [0.1, 0.15) is 23.1 Å². The topological polar surface area (TPSA) is 63.0 Å². The third-order valence-corrected chi connectivity index (χ3v) is 2.67. The number of ether oxygens (including phenoxy) is 1. The normalized spacial score (nSPS) is 10.1. The van der Waals surface area contributed by atoms with Gasteiger partial charge in [-0.25, -0.2) is 13.8 Å². The largest absolute Gasteiger partial charge is 0.469 e. The number of halogens is 3. The summed E-state index contributed by atoms with van der Waals surface area (Å²) in [6.45, 7) is 0. The second kappa shape index (κ2) is 5.68. The average Bonchev–Trinajstić information content (AvgIpc) is 2.30. The molecule has 0 amide bonds. The number of hydrogen-bond acceptors (Lipinski definition) is 4. The van der Waals surface area contributed by atoms with Crippen LogP contribution in [0.25, 0.3) is 0 Å². The predicted molar refractivity (Wildman–Crippen MR) is 57.3 cm³/mol. The van der Waals surface area contributed by atoms with Crippen molar-refractivity contribution in [3.05, 3.63) is 27.5 Å². The van der Waals surface area contributed by atoms with Crippen LogP contribution in [0, 0.1) is 11.3 Å². The summed E-state index contributed by atoms with van der Waals surface area (Å²) in [6.07, 6.45) is -1.91. The van der Waals surface area contributed by atoms with E-state index >= 15 is 0 Å². The van der Waals surface area contributed by atoms with E-state index in [9.17, 15) is 13.6 Å². The molecule has 1 aromatic heterocycles. The van der Waals surface area contributed by atoms with E-state index in [1.165, 1.54) is 13.3 Å². The molecule has 0 radical (unpaired) electrons. The number of pyridine rings is 1. The number of rotatable bonds is 3. The summed E-state index contributed by atoms with van der Waals surface area (Å²) in [5.41, 5.74) is -0.626.